The fourth-order valence-electron chi connectivity index (χ4n) is 3.98. The summed E-state index contributed by atoms with van der Waals surface area (Å²) in [6.45, 7) is 6.59. The molecule has 2 aromatic heterocycles. The van der Waals surface area contributed by atoms with Gasteiger partial charge in [0.25, 0.3) is 5.91 Å². The quantitative estimate of drug-likeness (QED) is 0.551. The van der Waals surface area contributed by atoms with E-state index in [2.05, 4.69) is 37.1 Å². The lowest BCUT2D eigenvalue weighted by molar-refractivity contribution is 0.0895. The lowest BCUT2D eigenvalue weighted by Gasteiger charge is -2.34. The monoisotopic (exact) mass is 386 g/mol. The van der Waals surface area contributed by atoms with Crippen LogP contribution in [-0.2, 0) is 0 Å². The van der Waals surface area contributed by atoms with E-state index >= 15 is 0 Å². The predicted octanol–water partition coefficient (Wildman–Crippen LogP) is 5.97. The topological polar surface area (TPSA) is 42.0 Å². The van der Waals surface area contributed by atoms with Gasteiger partial charge in [0.05, 0.1) is 10.4 Å². The summed E-state index contributed by atoms with van der Waals surface area (Å²) in [5.41, 5.74) is 2.05. The molecule has 0 aliphatic heterocycles. The van der Waals surface area contributed by atoms with Crippen LogP contribution in [0, 0.1) is 18.8 Å². The summed E-state index contributed by atoms with van der Waals surface area (Å²) in [6, 6.07) is 8.28. The molecule has 1 saturated carbocycles. The second-order valence-corrected chi connectivity index (χ2v) is 9.03. The van der Waals surface area contributed by atoms with Crippen LogP contribution < -0.4 is 5.32 Å². The number of nitrogens with one attached hydrogen (secondary N) is 1. The first-order chi connectivity index (χ1) is 12.4. The number of thiophene rings is 1. The summed E-state index contributed by atoms with van der Waals surface area (Å²) in [5.74, 6) is 1.17. The molecule has 5 heteroatoms. The number of aryl methyl sites for hydroxylation is 1. The van der Waals surface area contributed by atoms with Gasteiger partial charge >= 0.3 is 0 Å². The van der Waals surface area contributed by atoms with E-state index in [1.165, 1.54) is 29.7 Å². The third-order valence-electron chi connectivity index (χ3n) is 5.82. The highest BCUT2D eigenvalue weighted by molar-refractivity contribution is 7.21. The molecule has 3 aromatic rings. The zero-order valence-corrected chi connectivity index (χ0v) is 16.9. The van der Waals surface area contributed by atoms with Gasteiger partial charge in [0, 0.05) is 21.5 Å². The van der Waals surface area contributed by atoms with Crippen LogP contribution in [0.15, 0.2) is 24.3 Å². The SMILES string of the molecule is Cc1ccc2nc(Cl)c3cc(C(=O)N[C@@H]4CCC[C@@H](C)[C@@H]4C)sc3c2c1. The molecule has 3 nitrogen and oxygen atoms in total. The zero-order chi connectivity index (χ0) is 18.4. The molecule has 0 radical (unpaired) electrons. The molecular formula is C21H23ClN2OS. The Balaban J connectivity index is 1.70. The van der Waals surface area contributed by atoms with Crippen molar-refractivity contribution in [1.29, 1.82) is 0 Å². The Morgan fingerprint density at radius 3 is 2.85 bits per heavy atom. The summed E-state index contributed by atoms with van der Waals surface area (Å²) >= 11 is 7.90. The van der Waals surface area contributed by atoms with Crippen molar-refractivity contribution in [3.8, 4) is 0 Å². The van der Waals surface area contributed by atoms with Gasteiger partial charge in [-0.3, -0.25) is 4.79 Å². The second kappa shape index (κ2) is 6.82. The van der Waals surface area contributed by atoms with Crippen molar-refractivity contribution in [3.05, 3.63) is 39.9 Å². The van der Waals surface area contributed by atoms with Gasteiger partial charge in [-0.05, 0) is 43.4 Å². The number of amides is 1. The smallest absolute Gasteiger partial charge is 0.261 e. The lowest BCUT2D eigenvalue weighted by Crippen LogP contribution is -2.43. The highest BCUT2D eigenvalue weighted by Crippen LogP contribution is 2.36. The molecule has 2 heterocycles. The molecular weight excluding hydrogens is 364 g/mol. The van der Waals surface area contributed by atoms with Crippen molar-refractivity contribution in [2.75, 3.05) is 0 Å². The van der Waals surface area contributed by atoms with Crippen molar-refractivity contribution >= 4 is 49.8 Å². The van der Waals surface area contributed by atoms with E-state index in [4.69, 9.17) is 11.6 Å². The largest absolute Gasteiger partial charge is 0.348 e. The Morgan fingerprint density at radius 2 is 2.04 bits per heavy atom. The van der Waals surface area contributed by atoms with Gasteiger partial charge < -0.3 is 5.32 Å². The molecule has 0 unspecified atom stereocenters. The van der Waals surface area contributed by atoms with Crippen LogP contribution >= 0.6 is 22.9 Å². The predicted molar refractivity (Wildman–Crippen MR) is 110 cm³/mol. The van der Waals surface area contributed by atoms with E-state index < -0.39 is 0 Å². The number of aromatic nitrogens is 1. The van der Waals surface area contributed by atoms with Gasteiger partial charge in [0.2, 0.25) is 0 Å². The van der Waals surface area contributed by atoms with Crippen LogP contribution in [0.1, 0.15) is 48.3 Å². The second-order valence-electron chi connectivity index (χ2n) is 7.62. The number of carbonyl (C=O) groups excluding carboxylic acids is 1. The number of nitrogens with zero attached hydrogens (tertiary/aromatic N) is 1. The highest BCUT2D eigenvalue weighted by atomic mass is 35.5. The summed E-state index contributed by atoms with van der Waals surface area (Å²) in [5, 5.41) is 5.66. The third kappa shape index (κ3) is 3.10. The van der Waals surface area contributed by atoms with Gasteiger partial charge in [-0.25, -0.2) is 4.98 Å². The minimum absolute atomic E-state index is 0.00835. The van der Waals surface area contributed by atoms with E-state index in [0.717, 1.165) is 27.4 Å². The van der Waals surface area contributed by atoms with Gasteiger partial charge in [-0.15, -0.1) is 11.3 Å². The molecule has 1 amide bonds. The van der Waals surface area contributed by atoms with E-state index in [9.17, 15) is 4.79 Å². The van der Waals surface area contributed by atoms with Crippen LogP contribution in [0.2, 0.25) is 5.15 Å². The fourth-order valence-corrected chi connectivity index (χ4v) is 5.36. The van der Waals surface area contributed by atoms with E-state index in [-0.39, 0.29) is 11.9 Å². The zero-order valence-electron chi connectivity index (χ0n) is 15.3. The molecule has 0 bridgehead atoms. The molecule has 1 aliphatic rings. The number of carbonyl (C=O) groups is 1. The van der Waals surface area contributed by atoms with Crippen LogP contribution in [0.4, 0.5) is 0 Å². The Morgan fingerprint density at radius 1 is 1.23 bits per heavy atom. The molecule has 0 spiro atoms. The number of fused-ring (bicyclic) bond motifs is 3. The number of hydrogen-bond acceptors (Lipinski definition) is 3. The Bertz CT molecular complexity index is 996. The third-order valence-corrected chi connectivity index (χ3v) is 7.27. The normalized spacial score (nSPS) is 23.5. The first-order valence-electron chi connectivity index (χ1n) is 9.24. The molecule has 4 rings (SSSR count). The number of rotatable bonds is 2. The highest BCUT2D eigenvalue weighted by Gasteiger charge is 2.29. The van der Waals surface area contributed by atoms with Crippen molar-refractivity contribution in [1.82, 2.24) is 10.3 Å². The molecule has 26 heavy (non-hydrogen) atoms. The van der Waals surface area contributed by atoms with Gasteiger partial charge in [-0.1, -0.05) is 49.9 Å². The van der Waals surface area contributed by atoms with Gasteiger partial charge in [-0.2, -0.15) is 0 Å². The molecule has 1 N–H and O–H groups in total. The minimum atomic E-state index is 0.00835. The summed E-state index contributed by atoms with van der Waals surface area (Å²) in [7, 11) is 0. The fraction of sp³-hybridized carbons (Fsp3) is 0.429. The molecule has 3 atom stereocenters. The maximum absolute atomic E-state index is 12.9. The number of halogens is 1. The van der Waals surface area contributed by atoms with Crippen molar-refractivity contribution in [2.24, 2.45) is 11.8 Å². The van der Waals surface area contributed by atoms with E-state index in [1.807, 2.05) is 18.2 Å². The Kier molecular flexibility index (Phi) is 4.66. The first-order valence-corrected chi connectivity index (χ1v) is 10.4. The van der Waals surface area contributed by atoms with E-state index in [1.54, 1.807) is 0 Å². The summed E-state index contributed by atoms with van der Waals surface area (Å²) in [4.78, 5) is 18.1. The Labute approximate surface area is 162 Å². The summed E-state index contributed by atoms with van der Waals surface area (Å²) < 4.78 is 1.04. The lowest BCUT2D eigenvalue weighted by atomic mass is 9.78. The molecule has 1 aliphatic carbocycles. The molecule has 136 valence electrons. The van der Waals surface area contributed by atoms with Gasteiger partial charge in [0.1, 0.15) is 5.15 Å². The van der Waals surface area contributed by atoms with Crippen molar-refractivity contribution < 1.29 is 4.79 Å². The van der Waals surface area contributed by atoms with Crippen LogP contribution in [0.3, 0.4) is 0 Å². The maximum atomic E-state index is 12.9. The molecule has 0 saturated heterocycles. The molecule has 1 fully saturated rings. The van der Waals surface area contributed by atoms with Crippen LogP contribution in [0.25, 0.3) is 21.0 Å². The molecule has 1 aromatic carbocycles. The number of benzene rings is 1. The summed E-state index contributed by atoms with van der Waals surface area (Å²) in [6.07, 6.45) is 3.50. The average Bonchev–Trinajstić information content (AvgIpc) is 3.06. The first kappa shape index (κ1) is 17.7. The van der Waals surface area contributed by atoms with Crippen molar-refractivity contribution in [2.45, 2.75) is 46.1 Å². The van der Waals surface area contributed by atoms with Crippen molar-refractivity contribution in [3.63, 3.8) is 0 Å². The van der Waals surface area contributed by atoms with Crippen LogP contribution in [-0.4, -0.2) is 16.9 Å². The minimum Gasteiger partial charge on any atom is -0.348 e. The van der Waals surface area contributed by atoms with Crippen LogP contribution in [0.5, 0.6) is 0 Å². The van der Waals surface area contributed by atoms with Gasteiger partial charge in [0.15, 0.2) is 0 Å². The Hall–Kier alpha value is -1.65. The van der Waals surface area contributed by atoms with E-state index in [0.29, 0.717) is 21.9 Å². The standard InChI is InChI=1S/C21H23ClN2OS/c1-11-7-8-17-14(9-11)19-15(20(22)23-17)10-18(26-19)21(25)24-16-6-4-5-12(2)13(16)3/h7-10,12-13,16H,4-6H2,1-3H3,(H,24,25)/t12-,13+,16-/m1/s1. The number of hydrogen-bond donors (Lipinski definition) is 1. The average molecular weight is 387 g/mol. The number of pyridine rings is 1. The maximum Gasteiger partial charge on any atom is 0.261 e.